The lowest BCUT2D eigenvalue weighted by atomic mass is 10.0. The second-order valence-corrected chi connectivity index (χ2v) is 5.78. The van der Waals surface area contributed by atoms with Gasteiger partial charge in [-0.3, -0.25) is 4.79 Å². The van der Waals surface area contributed by atoms with Crippen LogP contribution in [0, 0.1) is 0 Å². The molecule has 2 aromatic carbocycles. The molecule has 0 aliphatic heterocycles. The van der Waals surface area contributed by atoms with Crippen LogP contribution < -0.4 is 14.2 Å². The highest BCUT2D eigenvalue weighted by molar-refractivity contribution is 6.10. The summed E-state index contributed by atoms with van der Waals surface area (Å²) in [4.78, 5) is 12.7. The molecule has 0 saturated carbocycles. The Labute approximate surface area is 154 Å². The van der Waals surface area contributed by atoms with Crippen molar-refractivity contribution in [2.45, 2.75) is 6.92 Å². The van der Waals surface area contributed by atoms with E-state index in [1.807, 2.05) is 6.92 Å². The second-order valence-electron chi connectivity index (χ2n) is 5.78. The first kappa shape index (κ1) is 19.5. The molecule has 0 aromatic heterocycles. The fourth-order valence-corrected chi connectivity index (χ4v) is 2.31. The zero-order valence-corrected chi connectivity index (χ0v) is 15.4. The SMILES string of the molecule is C=C(C)COCCOc1ccc(C(=O)c2ccc(OC)cc2OC)cc1. The highest BCUT2D eigenvalue weighted by atomic mass is 16.5. The number of ketones is 1. The molecule has 138 valence electrons. The minimum absolute atomic E-state index is 0.124. The maximum atomic E-state index is 12.7. The van der Waals surface area contributed by atoms with Gasteiger partial charge < -0.3 is 18.9 Å². The summed E-state index contributed by atoms with van der Waals surface area (Å²) in [5, 5.41) is 0. The molecule has 2 rings (SSSR count). The molecule has 0 aliphatic carbocycles. The van der Waals surface area contributed by atoms with Gasteiger partial charge in [0.1, 0.15) is 23.9 Å². The van der Waals surface area contributed by atoms with Crippen LogP contribution in [0.4, 0.5) is 0 Å². The van der Waals surface area contributed by atoms with Crippen molar-refractivity contribution in [1.82, 2.24) is 0 Å². The van der Waals surface area contributed by atoms with E-state index < -0.39 is 0 Å². The molecule has 0 atom stereocenters. The van der Waals surface area contributed by atoms with Gasteiger partial charge >= 0.3 is 0 Å². The van der Waals surface area contributed by atoms with Crippen molar-refractivity contribution >= 4 is 5.78 Å². The van der Waals surface area contributed by atoms with Gasteiger partial charge in [0.15, 0.2) is 5.78 Å². The van der Waals surface area contributed by atoms with E-state index in [2.05, 4.69) is 6.58 Å². The minimum atomic E-state index is -0.124. The quantitative estimate of drug-likeness (QED) is 0.367. The van der Waals surface area contributed by atoms with Crippen LogP contribution in [-0.2, 0) is 4.74 Å². The van der Waals surface area contributed by atoms with Crippen molar-refractivity contribution in [2.75, 3.05) is 34.0 Å². The molecule has 0 bridgehead atoms. The topological polar surface area (TPSA) is 54.0 Å². The van der Waals surface area contributed by atoms with Gasteiger partial charge in [-0.15, -0.1) is 0 Å². The lowest BCUT2D eigenvalue weighted by Gasteiger charge is -2.10. The van der Waals surface area contributed by atoms with Gasteiger partial charge in [0.2, 0.25) is 0 Å². The van der Waals surface area contributed by atoms with E-state index in [1.54, 1.807) is 49.6 Å². The van der Waals surface area contributed by atoms with Gasteiger partial charge in [0.05, 0.1) is 33.0 Å². The average Bonchev–Trinajstić information content (AvgIpc) is 2.66. The van der Waals surface area contributed by atoms with Crippen LogP contribution in [0.5, 0.6) is 17.2 Å². The third-order valence-electron chi connectivity index (χ3n) is 3.61. The first-order chi connectivity index (χ1) is 12.5. The Kier molecular flexibility index (Phi) is 7.24. The van der Waals surface area contributed by atoms with Crippen LogP contribution in [0.25, 0.3) is 0 Å². The maximum absolute atomic E-state index is 12.7. The smallest absolute Gasteiger partial charge is 0.196 e. The van der Waals surface area contributed by atoms with Gasteiger partial charge in [0, 0.05) is 11.6 Å². The molecule has 0 fully saturated rings. The summed E-state index contributed by atoms with van der Waals surface area (Å²) in [6.45, 7) is 7.13. The van der Waals surface area contributed by atoms with Crippen molar-refractivity contribution < 1.29 is 23.7 Å². The lowest BCUT2D eigenvalue weighted by molar-refractivity contribution is 0.103. The third-order valence-corrected chi connectivity index (χ3v) is 3.61. The first-order valence-electron chi connectivity index (χ1n) is 8.27. The molecule has 26 heavy (non-hydrogen) atoms. The molecule has 0 N–H and O–H groups in total. The molecule has 5 nitrogen and oxygen atoms in total. The zero-order chi connectivity index (χ0) is 18.9. The van der Waals surface area contributed by atoms with Crippen molar-refractivity contribution in [3.8, 4) is 17.2 Å². The molecular formula is C21H24O5. The number of hydrogen-bond acceptors (Lipinski definition) is 5. The Morgan fingerprint density at radius 3 is 2.27 bits per heavy atom. The molecule has 2 aromatic rings. The van der Waals surface area contributed by atoms with E-state index in [0.29, 0.717) is 48.2 Å². The fourth-order valence-electron chi connectivity index (χ4n) is 2.31. The number of ether oxygens (including phenoxy) is 4. The molecule has 0 unspecified atom stereocenters. The zero-order valence-electron chi connectivity index (χ0n) is 15.4. The number of rotatable bonds is 10. The van der Waals surface area contributed by atoms with Crippen molar-refractivity contribution in [2.24, 2.45) is 0 Å². The monoisotopic (exact) mass is 356 g/mol. The Morgan fingerprint density at radius 1 is 0.962 bits per heavy atom. The molecule has 0 radical (unpaired) electrons. The van der Waals surface area contributed by atoms with E-state index in [1.165, 1.54) is 7.11 Å². The van der Waals surface area contributed by atoms with Gasteiger partial charge in [-0.1, -0.05) is 12.2 Å². The largest absolute Gasteiger partial charge is 0.497 e. The molecule has 0 spiro atoms. The van der Waals surface area contributed by atoms with Crippen LogP contribution >= 0.6 is 0 Å². The van der Waals surface area contributed by atoms with Crippen molar-refractivity contribution in [3.05, 3.63) is 65.7 Å². The minimum Gasteiger partial charge on any atom is -0.497 e. The predicted molar refractivity (Wildman–Crippen MR) is 101 cm³/mol. The summed E-state index contributed by atoms with van der Waals surface area (Å²) >= 11 is 0. The summed E-state index contributed by atoms with van der Waals surface area (Å²) in [6.07, 6.45) is 0. The molecule has 0 heterocycles. The summed E-state index contributed by atoms with van der Waals surface area (Å²) in [5.74, 6) is 1.67. The first-order valence-corrected chi connectivity index (χ1v) is 8.27. The standard InChI is InChI=1S/C21H24O5/c1-15(2)14-25-11-12-26-17-7-5-16(6-8-17)21(22)19-10-9-18(23-3)13-20(19)24-4/h5-10,13H,1,11-12,14H2,2-4H3. The maximum Gasteiger partial charge on any atom is 0.196 e. The Balaban J connectivity index is 1.99. The van der Waals surface area contributed by atoms with E-state index in [-0.39, 0.29) is 5.78 Å². The molecule has 0 aliphatic rings. The highest BCUT2D eigenvalue weighted by Gasteiger charge is 2.15. The molecule has 0 amide bonds. The summed E-state index contributed by atoms with van der Waals surface area (Å²) < 4.78 is 21.4. The second kappa shape index (κ2) is 9.63. The number of benzene rings is 2. The fraction of sp³-hybridized carbons (Fsp3) is 0.286. The van der Waals surface area contributed by atoms with Gasteiger partial charge in [-0.05, 0) is 43.3 Å². The van der Waals surface area contributed by atoms with E-state index >= 15 is 0 Å². The van der Waals surface area contributed by atoms with Crippen LogP contribution in [-0.4, -0.2) is 39.8 Å². The molecule has 0 saturated heterocycles. The number of hydrogen-bond donors (Lipinski definition) is 0. The van der Waals surface area contributed by atoms with E-state index in [0.717, 1.165) is 5.57 Å². The highest BCUT2D eigenvalue weighted by Crippen LogP contribution is 2.27. The Bertz CT molecular complexity index is 749. The van der Waals surface area contributed by atoms with Gasteiger partial charge in [0.25, 0.3) is 0 Å². The summed E-state index contributed by atoms with van der Waals surface area (Å²) in [7, 11) is 3.09. The van der Waals surface area contributed by atoms with Crippen LogP contribution in [0.1, 0.15) is 22.8 Å². The number of carbonyl (C=O) groups excluding carboxylic acids is 1. The normalized spacial score (nSPS) is 10.3. The number of carbonyl (C=O) groups is 1. The van der Waals surface area contributed by atoms with Crippen LogP contribution in [0.3, 0.4) is 0 Å². The third kappa shape index (κ3) is 5.36. The van der Waals surface area contributed by atoms with Gasteiger partial charge in [-0.2, -0.15) is 0 Å². The predicted octanol–water partition coefficient (Wildman–Crippen LogP) is 3.91. The summed E-state index contributed by atoms with van der Waals surface area (Å²) in [6, 6.07) is 12.1. The number of methoxy groups -OCH3 is 2. The van der Waals surface area contributed by atoms with E-state index in [9.17, 15) is 4.79 Å². The van der Waals surface area contributed by atoms with Crippen molar-refractivity contribution in [1.29, 1.82) is 0 Å². The lowest BCUT2D eigenvalue weighted by Crippen LogP contribution is -2.08. The van der Waals surface area contributed by atoms with Crippen LogP contribution in [0.2, 0.25) is 0 Å². The van der Waals surface area contributed by atoms with Crippen molar-refractivity contribution in [3.63, 3.8) is 0 Å². The summed E-state index contributed by atoms with van der Waals surface area (Å²) in [5.41, 5.74) is 2.01. The Morgan fingerprint density at radius 2 is 1.65 bits per heavy atom. The Hall–Kier alpha value is -2.79. The van der Waals surface area contributed by atoms with Gasteiger partial charge in [-0.25, -0.2) is 0 Å². The molecule has 5 heteroatoms. The van der Waals surface area contributed by atoms with Crippen LogP contribution in [0.15, 0.2) is 54.6 Å². The molecular weight excluding hydrogens is 332 g/mol. The van der Waals surface area contributed by atoms with E-state index in [4.69, 9.17) is 18.9 Å². The average molecular weight is 356 g/mol.